The summed E-state index contributed by atoms with van der Waals surface area (Å²) in [5.74, 6) is 0.118. The normalized spacial score (nSPS) is 15.4. The summed E-state index contributed by atoms with van der Waals surface area (Å²) in [6.45, 7) is 6.30. The first kappa shape index (κ1) is 16.7. The number of hydrogen-bond acceptors (Lipinski definition) is 3. The van der Waals surface area contributed by atoms with Crippen molar-refractivity contribution in [1.29, 1.82) is 0 Å². The zero-order valence-corrected chi connectivity index (χ0v) is 13.1. The molecule has 0 aliphatic carbocycles. The summed E-state index contributed by atoms with van der Waals surface area (Å²) in [5, 5.41) is 3.41. The average molecular weight is 277 g/mol. The Hall–Kier alpha value is -1.35. The summed E-state index contributed by atoms with van der Waals surface area (Å²) in [5.41, 5.74) is 1.33. The monoisotopic (exact) mass is 277 g/mol. The lowest BCUT2D eigenvalue weighted by atomic mass is 9.97. The van der Waals surface area contributed by atoms with Crippen molar-refractivity contribution in [3.05, 3.63) is 35.9 Å². The number of esters is 1. The van der Waals surface area contributed by atoms with Crippen LogP contribution in [0.4, 0.5) is 0 Å². The fraction of sp³-hybridized carbons (Fsp3) is 0.588. The smallest absolute Gasteiger partial charge is 0.323 e. The molecule has 1 aromatic carbocycles. The summed E-state index contributed by atoms with van der Waals surface area (Å²) in [6.07, 6.45) is 2.98. The van der Waals surface area contributed by atoms with Crippen LogP contribution in [0, 0.1) is 5.92 Å². The van der Waals surface area contributed by atoms with Gasteiger partial charge in [-0.3, -0.25) is 4.79 Å². The van der Waals surface area contributed by atoms with Gasteiger partial charge in [-0.15, -0.1) is 0 Å². The van der Waals surface area contributed by atoms with E-state index >= 15 is 0 Å². The molecule has 0 saturated heterocycles. The molecule has 0 saturated carbocycles. The molecule has 3 nitrogen and oxygen atoms in total. The van der Waals surface area contributed by atoms with Crippen molar-refractivity contribution in [2.75, 3.05) is 7.11 Å². The lowest BCUT2D eigenvalue weighted by Crippen LogP contribution is -2.46. The number of methoxy groups -OCH3 is 1. The molecule has 1 rings (SSSR count). The van der Waals surface area contributed by atoms with Crippen molar-refractivity contribution >= 4 is 5.97 Å². The maximum absolute atomic E-state index is 11.8. The Kier molecular flexibility index (Phi) is 7.31. The van der Waals surface area contributed by atoms with Crippen LogP contribution in [0.5, 0.6) is 0 Å². The Bertz CT molecular complexity index is 391. The minimum absolute atomic E-state index is 0.161. The van der Waals surface area contributed by atoms with E-state index in [0.717, 1.165) is 19.3 Å². The van der Waals surface area contributed by atoms with Gasteiger partial charge in [-0.25, -0.2) is 0 Å². The number of hydrogen-bond donors (Lipinski definition) is 1. The Balaban J connectivity index is 2.49. The Morgan fingerprint density at radius 2 is 1.90 bits per heavy atom. The minimum atomic E-state index is -0.212. The number of nitrogens with one attached hydrogen (secondary N) is 1. The van der Waals surface area contributed by atoms with Crippen molar-refractivity contribution < 1.29 is 9.53 Å². The highest BCUT2D eigenvalue weighted by Crippen LogP contribution is 2.12. The van der Waals surface area contributed by atoms with Crippen LogP contribution in [0.1, 0.15) is 39.2 Å². The summed E-state index contributed by atoms with van der Waals surface area (Å²) in [6, 6.07) is 10.5. The first-order valence-electron chi connectivity index (χ1n) is 7.46. The van der Waals surface area contributed by atoms with Gasteiger partial charge in [-0.1, -0.05) is 50.6 Å². The number of carbonyl (C=O) groups is 1. The van der Waals surface area contributed by atoms with Crippen molar-refractivity contribution in [3.63, 3.8) is 0 Å². The van der Waals surface area contributed by atoms with Gasteiger partial charge in [0.1, 0.15) is 6.04 Å². The maximum Gasteiger partial charge on any atom is 0.323 e. The van der Waals surface area contributed by atoms with Gasteiger partial charge in [0.15, 0.2) is 0 Å². The van der Waals surface area contributed by atoms with E-state index in [0.29, 0.717) is 0 Å². The Morgan fingerprint density at radius 3 is 2.45 bits per heavy atom. The number of ether oxygens (including phenoxy) is 1. The molecule has 0 heterocycles. The third kappa shape index (κ3) is 5.33. The zero-order chi connectivity index (χ0) is 15.0. The molecule has 3 atom stereocenters. The SMILES string of the molecule is CCC(C)C(NC(C)CCc1ccccc1)C(=O)OC. The predicted octanol–water partition coefficient (Wildman–Crippen LogP) is 3.19. The lowest BCUT2D eigenvalue weighted by Gasteiger charge is -2.25. The molecule has 112 valence electrons. The van der Waals surface area contributed by atoms with Gasteiger partial charge >= 0.3 is 5.97 Å². The van der Waals surface area contributed by atoms with Crippen LogP contribution < -0.4 is 5.32 Å². The van der Waals surface area contributed by atoms with Gasteiger partial charge in [0.2, 0.25) is 0 Å². The fourth-order valence-corrected chi connectivity index (χ4v) is 2.24. The van der Waals surface area contributed by atoms with Gasteiger partial charge in [-0.05, 0) is 31.2 Å². The second-order valence-corrected chi connectivity index (χ2v) is 5.48. The number of aryl methyl sites for hydroxylation is 1. The van der Waals surface area contributed by atoms with Crippen LogP contribution in [0.25, 0.3) is 0 Å². The lowest BCUT2D eigenvalue weighted by molar-refractivity contribution is -0.144. The van der Waals surface area contributed by atoms with Crippen LogP contribution in [0.3, 0.4) is 0 Å². The van der Waals surface area contributed by atoms with Crippen molar-refractivity contribution in [2.24, 2.45) is 5.92 Å². The minimum Gasteiger partial charge on any atom is -0.468 e. The Labute approximate surface area is 122 Å². The third-order valence-corrected chi connectivity index (χ3v) is 3.84. The van der Waals surface area contributed by atoms with Crippen molar-refractivity contribution in [1.82, 2.24) is 5.32 Å². The second-order valence-electron chi connectivity index (χ2n) is 5.48. The quantitative estimate of drug-likeness (QED) is 0.742. The van der Waals surface area contributed by atoms with E-state index in [-0.39, 0.29) is 24.0 Å². The van der Waals surface area contributed by atoms with E-state index in [2.05, 4.69) is 50.4 Å². The topological polar surface area (TPSA) is 38.3 Å². The van der Waals surface area contributed by atoms with Gasteiger partial charge in [0, 0.05) is 6.04 Å². The van der Waals surface area contributed by atoms with Gasteiger partial charge in [0.05, 0.1) is 7.11 Å². The third-order valence-electron chi connectivity index (χ3n) is 3.84. The highest BCUT2D eigenvalue weighted by Gasteiger charge is 2.25. The predicted molar refractivity (Wildman–Crippen MR) is 82.6 cm³/mol. The molecule has 3 heteroatoms. The van der Waals surface area contributed by atoms with E-state index in [1.165, 1.54) is 12.7 Å². The Morgan fingerprint density at radius 1 is 1.25 bits per heavy atom. The molecule has 0 aromatic heterocycles. The molecular weight excluding hydrogens is 250 g/mol. The van der Waals surface area contributed by atoms with Crippen LogP contribution >= 0.6 is 0 Å². The molecule has 0 amide bonds. The van der Waals surface area contributed by atoms with E-state index < -0.39 is 0 Å². The number of rotatable bonds is 8. The molecule has 0 aliphatic heterocycles. The van der Waals surface area contributed by atoms with Crippen LogP contribution in [0.15, 0.2) is 30.3 Å². The fourth-order valence-electron chi connectivity index (χ4n) is 2.24. The summed E-state index contributed by atoms with van der Waals surface area (Å²) in [7, 11) is 1.45. The van der Waals surface area contributed by atoms with Crippen molar-refractivity contribution in [3.8, 4) is 0 Å². The standard InChI is InChI=1S/C17H27NO2/c1-5-13(2)16(17(19)20-4)18-14(3)11-12-15-9-7-6-8-10-15/h6-10,13-14,16,18H,5,11-12H2,1-4H3. The maximum atomic E-state index is 11.8. The number of benzene rings is 1. The second kappa shape index (κ2) is 8.75. The highest BCUT2D eigenvalue weighted by atomic mass is 16.5. The van der Waals surface area contributed by atoms with E-state index in [1.54, 1.807) is 0 Å². The molecule has 20 heavy (non-hydrogen) atoms. The van der Waals surface area contributed by atoms with E-state index in [4.69, 9.17) is 4.74 Å². The van der Waals surface area contributed by atoms with Gasteiger partial charge in [-0.2, -0.15) is 0 Å². The molecule has 0 fully saturated rings. The average Bonchev–Trinajstić information content (AvgIpc) is 2.50. The highest BCUT2D eigenvalue weighted by molar-refractivity contribution is 5.76. The number of carbonyl (C=O) groups excluding carboxylic acids is 1. The molecule has 0 spiro atoms. The van der Waals surface area contributed by atoms with Crippen LogP contribution in [-0.4, -0.2) is 25.2 Å². The largest absolute Gasteiger partial charge is 0.468 e. The van der Waals surface area contributed by atoms with E-state index in [9.17, 15) is 4.79 Å². The van der Waals surface area contributed by atoms with Crippen molar-refractivity contribution in [2.45, 2.75) is 52.1 Å². The van der Waals surface area contributed by atoms with Gasteiger partial charge in [0.25, 0.3) is 0 Å². The first-order valence-corrected chi connectivity index (χ1v) is 7.46. The summed E-state index contributed by atoms with van der Waals surface area (Å²) < 4.78 is 4.90. The summed E-state index contributed by atoms with van der Waals surface area (Å²) in [4.78, 5) is 11.8. The molecule has 0 radical (unpaired) electrons. The molecular formula is C17H27NO2. The zero-order valence-electron chi connectivity index (χ0n) is 13.1. The first-order chi connectivity index (χ1) is 9.58. The van der Waals surface area contributed by atoms with Crippen LogP contribution in [-0.2, 0) is 16.0 Å². The molecule has 1 aromatic rings. The van der Waals surface area contributed by atoms with E-state index in [1.807, 2.05) is 6.07 Å². The molecule has 0 bridgehead atoms. The summed E-state index contributed by atoms with van der Waals surface area (Å²) >= 11 is 0. The van der Waals surface area contributed by atoms with Crippen LogP contribution in [0.2, 0.25) is 0 Å². The molecule has 0 aliphatic rings. The molecule has 3 unspecified atom stereocenters. The van der Waals surface area contributed by atoms with Gasteiger partial charge < -0.3 is 10.1 Å². The molecule has 1 N–H and O–H groups in total.